The number of anilines is 2. The number of aliphatic hydroxyl groups is 1. The van der Waals surface area contributed by atoms with Crippen molar-refractivity contribution in [3.05, 3.63) is 52.9 Å². The second-order valence-electron chi connectivity index (χ2n) is 6.35. The van der Waals surface area contributed by atoms with E-state index in [9.17, 15) is 13.2 Å². The minimum Gasteiger partial charge on any atom is -0.396 e. The first-order chi connectivity index (χ1) is 13.8. The van der Waals surface area contributed by atoms with Gasteiger partial charge >= 0.3 is 6.18 Å². The van der Waals surface area contributed by atoms with Crippen molar-refractivity contribution in [1.82, 2.24) is 20.3 Å². The third kappa shape index (κ3) is 5.96. The zero-order valence-electron chi connectivity index (χ0n) is 15.6. The normalized spacial score (nSPS) is 11.6. The molecule has 0 spiro atoms. The highest BCUT2D eigenvalue weighted by Crippen LogP contribution is 2.31. The summed E-state index contributed by atoms with van der Waals surface area (Å²) in [5.41, 5.74) is 1.44. The molecule has 2 aromatic heterocycles. The fourth-order valence-corrected chi connectivity index (χ4v) is 3.50. The molecule has 0 fully saturated rings. The Kier molecular flexibility index (Phi) is 6.78. The summed E-state index contributed by atoms with van der Waals surface area (Å²) < 4.78 is 38.5. The van der Waals surface area contributed by atoms with E-state index in [0.717, 1.165) is 33.3 Å². The molecule has 0 aliphatic carbocycles. The number of alkyl halides is 3. The van der Waals surface area contributed by atoms with Crippen LogP contribution in [0.1, 0.15) is 22.7 Å². The molecule has 0 aliphatic rings. The molecule has 0 saturated heterocycles. The van der Waals surface area contributed by atoms with Crippen molar-refractivity contribution in [3.63, 3.8) is 0 Å². The second kappa shape index (κ2) is 9.29. The fraction of sp³-hybridized carbons (Fsp3) is 0.316. The molecule has 154 valence electrons. The van der Waals surface area contributed by atoms with Crippen LogP contribution in [0.5, 0.6) is 0 Å². The molecule has 29 heavy (non-hydrogen) atoms. The third-order valence-electron chi connectivity index (χ3n) is 3.91. The number of thiazole rings is 1. The molecule has 0 amide bonds. The number of rotatable bonds is 8. The number of benzene rings is 1. The Morgan fingerprint density at radius 1 is 1.17 bits per heavy atom. The Bertz CT molecular complexity index is 961. The number of aliphatic hydroxyl groups excluding tert-OH is 1. The number of hydrogen-bond acceptors (Lipinski definition) is 7. The Labute approximate surface area is 169 Å². The molecule has 0 bridgehead atoms. The number of aryl methyl sites for hydroxylation is 1. The Morgan fingerprint density at radius 3 is 2.76 bits per heavy atom. The van der Waals surface area contributed by atoms with E-state index >= 15 is 0 Å². The van der Waals surface area contributed by atoms with Crippen LogP contribution in [0.4, 0.5) is 24.8 Å². The number of aromatic nitrogens is 3. The lowest BCUT2D eigenvalue weighted by Gasteiger charge is -2.10. The summed E-state index contributed by atoms with van der Waals surface area (Å²) in [6, 6.07) is 6.45. The highest BCUT2D eigenvalue weighted by atomic mass is 32.1. The molecular weight excluding hydrogens is 403 g/mol. The molecule has 0 unspecified atom stereocenters. The first-order valence-electron chi connectivity index (χ1n) is 8.91. The van der Waals surface area contributed by atoms with E-state index in [2.05, 4.69) is 25.6 Å². The maximum atomic E-state index is 12.8. The Balaban J connectivity index is 1.76. The predicted molar refractivity (Wildman–Crippen MR) is 106 cm³/mol. The standard InChI is InChI=1S/C19H20F3N5OS/c1-12-7-13(15-10-25-17(29-15)11-23-4-2-6-28)9-14(8-12)26-18-24-5-3-16(27-18)19(20,21)22/h3,5,7-10,23,28H,2,4,6,11H2,1H3,(H,24,26,27). The average Bonchev–Trinajstić information content (AvgIpc) is 3.13. The zero-order chi connectivity index (χ0) is 20.9. The van der Waals surface area contributed by atoms with Gasteiger partial charge in [-0.05, 0) is 49.2 Å². The van der Waals surface area contributed by atoms with Crippen molar-refractivity contribution in [2.24, 2.45) is 0 Å². The van der Waals surface area contributed by atoms with Gasteiger partial charge in [0.2, 0.25) is 5.95 Å². The molecule has 1 aromatic carbocycles. The summed E-state index contributed by atoms with van der Waals surface area (Å²) in [5.74, 6) is -0.116. The van der Waals surface area contributed by atoms with E-state index in [0.29, 0.717) is 25.2 Å². The van der Waals surface area contributed by atoms with Gasteiger partial charge < -0.3 is 15.7 Å². The number of nitrogens with zero attached hydrogens (tertiary/aromatic N) is 3. The van der Waals surface area contributed by atoms with E-state index in [-0.39, 0.29) is 12.6 Å². The van der Waals surface area contributed by atoms with Crippen LogP contribution in [0.25, 0.3) is 10.4 Å². The summed E-state index contributed by atoms with van der Waals surface area (Å²) in [6.07, 6.45) is -0.995. The number of halogens is 3. The number of nitrogens with one attached hydrogen (secondary N) is 2. The quantitative estimate of drug-likeness (QED) is 0.473. The van der Waals surface area contributed by atoms with Gasteiger partial charge in [-0.25, -0.2) is 15.0 Å². The van der Waals surface area contributed by atoms with Crippen LogP contribution in [0.3, 0.4) is 0 Å². The van der Waals surface area contributed by atoms with Crippen LogP contribution >= 0.6 is 11.3 Å². The summed E-state index contributed by atoms with van der Waals surface area (Å²) in [5, 5.41) is 15.8. The van der Waals surface area contributed by atoms with Gasteiger partial charge in [0, 0.05) is 31.2 Å². The highest BCUT2D eigenvalue weighted by molar-refractivity contribution is 7.15. The van der Waals surface area contributed by atoms with E-state index in [1.165, 1.54) is 11.3 Å². The smallest absolute Gasteiger partial charge is 0.396 e. The lowest BCUT2D eigenvalue weighted by Crippen LogP contribution is -2.15. The maximum absolute atomic E-state index is 12.8. The Hall–Kier alpha value is -2.56. The molecule has 0 aliphatic heterocycles. The molecule has 10 heteroatoms. The number of hydrogen-bond donors (Lipinski definition) is 3. The van der Waals surface area contributed by atoms with Crippen LogP contribution in [0.15, 0.2) is 36.7 Å². The van der Waals surface area contributed by atoms with Gasteiger partial charge in [-0.1, -0.05) is 6.07 Å². The van der Waals surface area contributed by atoms with Crippen molar-refractivity contribution >= 4 is 23.0 Å². The second-order valence-corrected chi connectivity index (χ2v) is 7.46. The third-order valence-corrected chi connectivity index (χ3v) is 4.95. The predicted octanol–water partition coefficient (Wildman–Crippen LogP) is 4.14. The summed E-state index contributed by atoms with van der Waals surface area (Å²) in [4.78, 5) is 12.8. The highest BCUT2D eigenvalue weighted by Gasteiger charge is 2.32. The van der Waals surface area contributed by atoms with Crippen molar-refractivity contribution in [2.75, 3.05) is 18.5 Å². The van der Waals surface area contributed by atoms with Crippen molar-refractivity contribution < 1.29 is 18.3 Å². The minimum absolute atomic E-state index is 0.116. The largest absolute Gasteiger partial charge is 0.433 e. The summed E-state index contributed by atoms with van der Waals surface area (Å²) in [6.45, 7) is 3.37. The van der Waals surface area contributed by atoms with Crippen LogP contribution < -0.4 is 10.6 Å². The average molecular weight is 423 g/mol. The zero-order valence-corrected chi connectivity index (χ0v) is 16.4. The first kappa shape index (κ1) is 21.2. The van der Waals surface area contributed by atoms with Crippen LogP contribution in [0, 0.1) is 6.92 Å². The van der Waals surface area contributed by atoms with E-state index < -0.39 is 11.9 Å². The summed E-state index contributed by atoms with van der Waals surface area (Å²) in [7, 11) is 0. The van der Waals surface area contributed by atoms with E-state index in [1.807, 2.05) is 25.1 Å². The van der Waals surface area contributed by atoms with E-state index in [1.54, 1.807) is 6.20 Å². The maximum Gasteiger partial charge on any atom is 0.433 e. The monoisotopic (exact) mass is 423 g/mol. The SMILES string of the molecule is Cc1cc(Nc2nccc(C(F)(F)F)n2)cc(-c2cnc(CNCCCO)s2)c1. The van der Waals surface area contributed by atoms with E-state index in [4.69, 9.17) is 5.11 Å². The van der Waals surface area contributed by atoms with Gasteiger partial charge in [-0.3, -0.25) is 0 Å². The van der Waals surface area contributed by atoms with Gasteiger partial charge in [0.15, 0.2) is 0 Å². The fourth-order valence-electron chi connectivity index (χ4n) is 2.63. The topological polar surface area (TPSA) is 83.0 Å². The lowest BCUT2D eigenvalue weighted by molar-refractivity contribution is -0.141. The molecule has 6 nitrogen and oxygen atoms in total. The van der Waals surface area contributed by atoms with Gasteiger partial charge in [0.05, 0.1) is 4.88 Å². The Morgan fingerprint density at radius 2 is 2.00 bits per heavy atom. The van der Waals surface area contributed by atoms with Crippen LogP contribution in [-0.2, 0) is 12.7 Å². The molecule has 0 saturated carbocycles. The molecular formula is C19H20F3N5OS. The lowest BCUT2D eigenvalue weighted by atomic mass is 10.1. The van der Waals surface area contributed by atoms with Crippen molar-refractivity contribution in [2.45, 2.75) is 26.1 Å². The summed E-state index contributed by atoms with van der Waals surface area (Å²) >= 11 is 1.53. The minimum atomic E-state index is -4.53. The molecule has 2 heterocycles. The van der Waals surface area contributed by atoms with Gasteiger partial charge in [-0.15, -0.1) is 11.3 Å². The molecule has 3 N–H and O–H groups in total. The van der Waals surface area contributed by atoms with Crippen LogP contribution in [0.2, 0.25) is 0 Å². The van der Waals surface area contributed by atoms with Gasteiger partial charge in [-0.2, -0.15) is 13.2 Å². The van der Waals surface area contributed by atoms with Gasteiger partial charge in [0.1, 0.15) is 10.7 Å². The molecule has 3 aromatic rings. The van der Waals surface area contributed by atoms with Crippen molar-refractivity contribution in [3.8, 4) is 10.4 Å². The first-order valence-corrected chi connectivity index (χ1v) is 9.72. The van der Waals surface area contributed by atoms with Gasteiger partial charge in [0.25, 0.3) is 0 Å². The van der Waals surface area contributed by atoms with Crippen LogP contribution in [-0.4, -0.2) is 33.2 Å². The van der Waals surface area contributed by atoms with Crippen molar-refractivity contribution in [1.29, 1.82) is 0 Å². The molecule has 0 radical (unpaired) electrons. The molecule has 0 atom stereocenters. The molecule has 3 rings (SSSR count).